The number of thioether (sulfide) groups is 2. The third-order valence-corrected chi connectivity index (χ3v) is 9.23. The molecular formula is C22H18N8O8S3. The highest BCUT2D eigenvalue weighted by Crippen LogP contribution is 2.41. The molecule has 2 unspecified atom stereocenters. The van der Waals surface area contributed by atoms with Gasteiger partial charge in [0.25, 0.3) is 17.4 Å². The number of carbonyl (C=O) groups is 4. The highest BCUT2D eigenvalue weighted by molar-refractivity contribution is 8.01. The Balaban J connectivity index is 1.35. The quantitative estimate of drug-likeness (QED) is 0.125. The second-order valence-electron chi connectivity index (χ2n) is 8.50. The molecule has 16 nitrogen and oxygen atoms in total. The Morgan fingerprint density at radius 2 is 1.95 bits per heavy atom. The van der Waals surface area contributed by atoms with Gasteiger partial charge in [0.15, 0.2) is 4.34 Å². The second kappa shape index (κ2) is 11.6. The Bertz CT molecular complexity index is 1670. The number of H-pyrrole nitrogens is 2. The lowest BCUT2D eigenvalue weighted by Crippen LogP contribution is -2.71. The van der Waals surface area contributed by atoms with E-state index in [0.29, 0.717) is 9.91 Å². The third kappa shape index (κ3) is 5.72. The molecule has 3 amide bonds. The Hall–Kier alpha value is -4.49. The van der Waals surface area contributed by atoms with Crippen LogP contribution >= 0.6 is 34.9 Å². The van der Waals surface area contributed by atoms with E-state index in [9.17, 15) is 39.0 Å². The van der Waals surface area contributed by atoms with E-state index in [4.69, 9.17) is 0 Å². The van der Waals surface area contributed by atoms with Crippen LogP contribution in [-0.4, -0.2) is 87.1 Å². The predicted molar refractivity (Wildman–Crippen MR) is 144 cm³/mol. The molecule has 41 heavy (non-hydrogen) atoms. The van der Waals surface area contributed by atoms with Crippen LogP contribution in [0.4, 0.5) is 0 Å². The number of aromatic amines is 2. The molecule has 3 aromatic rings. The van der Waals surface area contributed by atoms with Gasteiger partial charge in [-0.15, -0.1) is 22.0 Å². The number of hydrogen-bond acceptors (Lipinski definition) is 13. The summed E-state index contributed by atoms with van der Waals surface area (Å²) in [7, 11) is 0. The molecule has 2 aliphatic heterocycles. The maximum atomic E-state index is 13.4. The molecule has 0 bridgehead atoms. The minimum Gasteiger partial charge on any atom is -0.508 e. The van der Waals surface area contributed by atoms with Crippen molar-refractivity contribution in [3.05, 3.63) is 73.1 Å². The fraction of sp³-hybridized carbons (Fsp3) is 0.227. The standard InChI is InChI=1S/C22H18N8O8S3/c31-10-3-1-8(2-4-10)11(24-16(33)12-17(34)26-21(38)28-27-12)15(32)25-13-18(35)30-14(20(36)37)9(5-39-19(13)30)6-40-22-29-23-7-41-22/h1-4,7,11,13,19,31H,5-6H2,(H,24,33)(H,25,32)(H,36,37)(H2,26,28,34,38)/t11?,13?,19-/m0/s1. The number of aromatic nitrogens is 5. The summed E-state index contributed by atoms with van der Waals surface area (Å²) in [6.45, 7) is 0. The van der Waals surface area contributed by atoms with Gasteiger partial charge in [-0.2, -0.15) is 5.10 Å². The van der Waals surface area contributed by atoms with E-state index in [0.717, 1.165) is 4.90 Å². The molecule has 212 valence electrons. The lowest BCUT2D eigenvalue weighted by molar-refractivity contribution is -0.151. The van der Waals surface area contributed by atoms with Crippen LogP contribution in [0.5, 0.6) is 5.75 Å². The Kier molecular flexibility index (Phi) is 7.90. The Labute approximate surface area is 240 Å². The summed E-state index contributed by atoms with van der Waals surface area (Å²) in [4.78, 5) is 77.7. The number of phenols is 1. The third-order valence-electron chi connectivity index (χ3n) is 5.95. The summed E-state index contributed by atoms with van der Waals surface area (Å²) in [5, 5.41) is 36.7. The normalized spacial score (nSPS) is 18.7. The number of nitrogens with one attached hydrogen (secondary N) is 4. The van der Waals surface area contributed by atoms with Gasteiger partial charge >= 0.3 is 11.7 Å². The number of carboxylic acid groups (broad SMARTS) is 1. The van der Waals surface area contributed by atoms with Crippen LogP contribution in [0.3, 0.4) is 0 Å². The topological polar surface area (TPSA) is 240 Å². The van der Waals surface area contributed by atoms with Gasteiger partial charge in [0.2, 0.25) is 11.6 Å². The minimum atomic E-state index is -1.46. The van der Waals surface area contributed by atoms with Crippen LogP contribution in [0.25, 0.3) is 0 Å². The molecule has 0 radical (unpaired) electrons. The molecule has 0 spiro atoms. The first kappa shape index (κ1) is 28.1. The first-order chi connectivity index (χ1) is 19.6. The van der Waals surface area contributed by atoms with E-state index in [1.807, 2.05) is 10.1 Å². The van der Waals surface area contributed by atoms with Crippen LogP contribution in [0, 0.1) is 0 Å². The van der Waals surface area contributed by atoms with E-state index in [1.165, 1.54) is 59.1 Å². The average Bonchev–Trinajstić information content (AvgIpc) is 3.47. The number of carboxylic acids is 1. The van der Waals surface area contributed by atoms with Crippen molar-refractivity contribution < 1.29 is 29.4 Å². The maximum absolute atomic E-state index is 13.4. The Morgan fingerprint density at radius 3 is 2.61 bits per heavy atom. The number of nitrogens with zero attached hydrogens (tertiary/aromatic N) is 4. The summed E-state index contributed by atoms with van der Waals surface area (Å²) in [5.74, 6) is -3.43. The van der Waals surface area contributed by atoms with Crippen molar-refractivity contribution in [1.82, 2.24) is 40.9 Å². The van der Waals surface area contributed by atoms with E-state index < -0.39 is 58.1 Å². The highest BCUT2D eigenvalue weighted by atomic mass is 32.2. The summed E-state index contributed by atoms with van der Waals surface area (Å²) in [5.41, 5.74) is -0.642. The molecule has 5 rings (SSSR count). The number of β-lactam (4-membered cyclic amide) rings is 1. The first-order valence-corrected chi connectivity index (χ1v) is 14.4. The van der Waals surface area contributed by atoms with Crippen LogP contribution in [0.1, 0.15) is 22.1 Å². The van der Waals surface area contributed by atoms with Gasteiger partial charge in [0.05, 0.1) is 0 Å². The van der Waals surface area contributed by atoms with Crippen LogP contribution in [0.15, 0.2) is 55.0 Å². The van der Waals surface area contributed by atoms with Gasteiger partial charge < -0.3 is 20.8 Å². The number of fused-ring (bicyclic) bond motifs is 1. The van der Waals surface area contributed by atoms with Crippen LogP contribution in [0.2, 0.25) is 0 Å². The van der Waals surface area contributed by atoms with Gasteiger partial charge in [0, 0.05) is 11.5 Å². The number of phenolic OH excluding ortho intramolecular Hbond substituents is 1. The summed E-state index contributed by atoms with van der Waals surface area (Å²) >= 11 is 3.87. The van der Waals surface area contributed by atoms with Crippen molar-refractivity contribution >= 4 is 58.6 Å². The van der Waals surface area contributed by atoms with Crippen molar-refractivity contribution in [1.29, 1.82) is 0 Å². The molecule has 0 aliphatic carbocycles. The molecule has 2 aromatic heterocycles. The summed E-state index contributed by atoms with van der Waals surface area (Å²) < 4.78 is 0.649. The first-order valence-electron chi connectivity index (χ1n) is 11.5. The summed E-state index contributed by atoms with van der Waals surface area (Å²) in [6.07, 6.45) is 0. The summed E-state index contributed by atoms with van der Waals surface area (Å²) in [6, 6.07) is 2.67. The number of carbonyl (C=O) groups excluding carboxylic acids is 3. The van der Waals surface area contributed by atoms with Crippen molar-refractivity contribution in [3.8, 4) is 5.75 Å². The molecule has 2 aliphatic rings. The molecule has 1 fully saturated rings. The number of rotatable bonds is 9. The number of amides is 3. The molecule has 0 saturated carbocycles. The molecule has 6 N–H and O–H groups in total. The number of hydrogen-bond donors (Lipinski definition) is 6. The van der Waals surface area contributed by atoms with Gasteiger partial charge in [-0.1, -0.05) is 35.2 Å². The lowest BCUT2D eigenvalue weighted by Gasteiger charge is -2.49. The molecular weight excluding hydrogens is 600 g/mol. The fourth-order valence-electron chi connectivity index (χ4n) is 4.07. The van der Waals surface area contributed by atoms with Gasteiger partial charge in [-0.05, 0) is 23.3 Å². The zero-order chi connectivity index (χ0) is 29.3. The number of aromatic hydroxyl groups is 1. The zero-order valence-electron chi connectivity index (χ0n) is 20.4. The van der Waals surface area contributed by atoms with Crippen molar-refractivity contribution in [3.63, 3.8) is 0 Å². The van der Waals surface area contributed by atoms with E-state index in [-0.39, 0.29) is 28.5 Å². The largest absolute Gasteiger partial charge is 0.508 e. The molecule has 4 heterocycles. The average molecular weight is 619 g/mol. The SMILES string of the molecule is O=C(O)C1=C(CSc2nncs2)CS[C@H]2C(NC(=O)C(NC(=O)c3n[nH]c(=O)[nH]c3=O)c3ccc(O)cc3)C(=O)N12. The predicted octanol–water partition coefficient (Wildman–Crippen LogP) is -0.983. The van der Waals surface area contributed by atoms with Crippen LogP contribution in [-0.2, 0) is 14.4 Å². The van der Waals surface area contributed by atoms with E-state index in [1.54, 1.807) is 5.51 Å². The number of benzene rings is 1. The number of aliphatic carboxylic acids is 1. The lowest BCUT2D eigenvalue weighted by atomic mass is 10.0. The van der Waals surface area contributed by atoms with Gasteiger partial charge in [-0.3, -0.25) is 29.1 Å². The molecule has 19 heteroatoms. The molecule has 3 atom stereocenters. The fourth-order valence-corrected chi connectivity index (χ4v) is 7.05. The van der Waals surface area contributed by atoms with E-state index in [2.05, 4.69) is 25.9 Å². The monoisotopic (exact) mass is 618 g/mol. The highest BCUT2D eigenvalue weighted by Gasteiger charge is 2.54. The molecule has 1 aromatic carbocycles. The van der Waals surface area contributed by atoms with Gasteiger partial charge in [-0.25, -0.2) is 14.7 Å². The van der Waals surface area contributed by atoms with Crippen LogP contribution < -0.4 is 21.9 Å². The minimum absolute atomic E-state index is 0.116. The van der Waals surface area contributed by atoms with Gasteiger partial charge in [0.1, 0.15) is 34.4 Å². The second-order valence-corrected chi connectivity index (χ2v) is 11.7. The smallest absolute Gasteiger partial charge is 0.352 e. The Morgan fingerprint density at radius 1 is 1.20 bits per heavy atom. The van der Waals surface area contributed by atoms with E-state index >= 15 is 0 Å². The van der Waals surface area contributed by atoms with Crippen molar-refractivity contribution in [2.24, 2.45) is 0 Å². The van der Waals surface area contributed by atoms with Crippen molar-refractivity contribution in [2.45, 2.75) is 21.8 Å². The van der Waals surface area contributed by atoms with Crippen molar-refractivity contribution in [2.75, 3.05) is 11.5 Å². The molecule has 1 saturated heterocycles. The maximum Gasteiger partial charge on any atom is 0.352 e. The zero-order valence-corrected chi connectivity index (χ0v) is 22.8.